The predicted molar refractivity (Wildman–Crippen MR) is 55.2 cm³/mol. The second kappa shape index (κ2) is 2.28. The molecule has 1 aliphatic heterocycles. The summed E-state index contributed by atoms with van der Waals surface area (Å²) in [6.45, 7) is 3.18. The number of fused-ring (bicyclic) bond motifs is 3. The zero-order chi connectivity index (χ0) is 8.84. The van der Waals surface area contributed by atoms with Gasteiger partial charge in [0.1, 0.15) is 0 Å². The minimum atomic E-state index is 1.08. The van der Waals surface area contributed by atoms with Crippen molar-refractivity contribution in [2.24, 2.45) is 0 Å². The molecule has 2 nitrogen and oxygen atoms in total. The number of aryl methyl sites for hydroxylation is 1. The summed E-state index contributed by atoms with van der Waals surface area (Å²) >= 11 is 0. The van der Waals surface area contributed by atoms with E-state index in [9.17, 15) is 0 Å². The molecule has 0 atom stereocenters. The van der Waals surface area contributed by atoms with Gasteiger partial charge in [-0.05, 0) is 31.0 Å². The summed E-state index contributed by atoms with van der Waals surface area (Å²) in [5, 5.41) is 4.78. The maximum atomic E-state index is 3.44. The van der Waals surface area contributed by atoms with Crippen molar-refractivity contribution in [1.29, 1.82) is 0 Å². The fourth-order valence-electron chi connectivity index (χ4n) is 2.13. The fraction of sp³-hybridized carbons (Fsp3) is 0.273. The van der Waals surface area contributed by atoms with Crippen LogP contribution in [0.2, 0.25) is 0 Å². The molecule has 2 heteroatoms. The van der Waals surface area contributed by atoms with Crippen LogP contribution in [0.1, 0.15) is 11.3 Å². The smallest absolute Gasteiger partial charge is 0.0477 e. The topological polar surface area (TPSA) is 27.8 Å². The van der Waals surface area contributed by atoms with Crippen molar-refractivity contribution >= 4 is 16.6 Å². The molecule has 2 N–H and O–H groups in total. The number of hydrogen-bond donors (Lipinski definition) is 2. The van der Waals surface area contributed by atoms with E-state index in [1.165, 1.54) is 27.8 Å². The van der Waals surface area contributed by atoms with Gasteiger partial charge in [0.25, 0.3) is 0 Å². The number of benzene rings is 1. The van der Waals surface area contributed by atoms with Crippen molar-refractivity contribution in [2.75, 3.05) is 11.9 Å². The van der Waals surface area contributed by atoms with Crippen LogP contribution < -0.4 is 5.32 Å². The minimum Gasteiger partial charge on any atom is -0.384 e. The van der Waals surface area contributed by atoms with Crippen molar-refractivity contribution in [2.45, 2.75) is 13.3 Å². The standard InChI is InChI=1S/C11H12N2/c1-7-6-9-10(13-7)3-2-8-4-5-12-11(8)9/h2-3,6,12-13H,4-5H2,1H3. The summed E-state index contributed by atoms with van der Waals surface area (Å²) in [6.07, 6.45) is 1.16. The number of hydrogen-bond acceptors (Lipinski definition) is 1. The molecule has 0 saturated heterocycles. The molecule has 2 aromatic rings. The van der Waals surface area contributed by atoms with E-state index in [1.807, 2.05) is 0 Å². The third kappa shape index (κ3) is 0.886. The molecule has 1 aliphatic rings. The number of nitrogens with one attached hydrogen (secondary N) is 2. The number of aromatic nitrogens is 1. The summed E-state index contributed by atoms with van der Waals surface area (Å²) in [5.74, 6) is 0. The second-order valence-electron chi connectivity index (χ2n) is 3.69. The molecule has 1 aromatic carbocycles. The lowest BCUT2D eigenvalue weighted by Gasteiger charge is -2.00. The Labute approximate surface area is 77.0 Å². The van der Waals surface area contributed by atoms with Gasteiger partial charge in [0, 0.05) is 28.8 Å². The first-order valence-corrected chi connectivity index (χ1v) is 4.70. The summed E-state index contributed by atoms with van der Waals surface area (Å²) < 4.78 is 0. The molecule has 66 valence electrons. The van der Waals surface area contributed by atoms with E-state index in [-0.39, 0.29) is 0 Å². The van der Waals surface area contributed by atoms with Gasteiger partial charge in [-0.15, -0.1) is 0 Å². The Bertz CT molecular complexity index is 468. The number of aromatic amines is 1. The van der Waals surface area contributed by atoms with Crippen molar-refractivity contribution in [3.63, 3.8) is 0 Å². The summed E-state index contributed by atoms with van der Waals surface area (Å²) in [6, 6.07) is 6.61. The van der Waals surface area contributed by atoms with Gasteiger partial charge in [0.2, 0.25) is 0 Å². The van der Waals surface area contributed by atoms with Gasteiger partial charge in [0.05, 0.1) is 0 Å². The van der Waals surface area contributed by atoms with Gasteiger partial charge in [0.15, 0.2) is 0 Å². The van der Waals surface area contributed by atoms with Gasteiger partial charge in [-0.2, -0.15) is 0 Å². The van der Waals surface area contributed by atoms with Crippen molar-refractivity contribution < 1.29 is 0 Å². The van der Waals surface area contributed by atoms with Crippen molar-refractivity contribution in [3.05, 3.63) is 29.5 Å². The lowest BCUT2D eigenvalue weighted by Crippen LogP contribution is -1.91. The largest absolute Gasteiger partial charge is 0.384 e. The molecule has 0 saturated carbocycles. The van der Waals surface area contributed by atoms with Gasteiger partial charge in [-0.3, -0.25) is 0 Å². The molecular formula is C11H12N2. The maximum absolute atomic E-state index is 3.44. The molecular weight excluding hydrogens is 160 g/mol. The molecule has 0 spiro atoms. The molecule has 0 bridgehead atoms. The number of rotatable bonds is 0. The molecule has 0 aliphatic carbocycles. The van der Waals surface area contributed by atoms with Crippen LogP contribution in [0.3, 0.4) is 0 Å². The van der Waals surface area contributed by atoms with E-state index in [0.29, 0.717) is 0 Å². The molecule has 0 amide bonds. The highest BCUT2D eigenvalue weighted by Gasteiger charge is 2.13. The monoisotopic (exact) mass is 172 g/mol. The SMILES string of the molecule is Cc1cc2c3c(ccc2[nH]1)CCN3. The molecule has 2 heterocycles. The molecule has 3 rings (SSSR count). The van der Waals surface area contributed by atoms with Crippen molar-refractivity contribution in [3.8, 4) is 0 Å². The van der Waals surface area contributed by atoms with Gasteiger partial charge in [-0.1, -0.05) is 6.07 Å². The normalized spacial score (nSPS) is 14.5. The van der Waals surface area contributed by atoms with Crippen LogP contribution in [0.4, 0.5) is 5.69 Å². The fourth-order valence-corrected chi connectivity index (χ4v) is 2.13. The quantitative estimate of drug-likeness (QED) is 0.627. The average Bonchev–Trinajstić information content (AvgIpc) is 2.65. The summed E-state index contributed by atoms with van der Waals surface area (Å²) in [4.78, 5) is 3.35. The van der Waals surface area contributed by atoms with Crippen LogP contribution in [0.5, 0.6) is 0 Å². The van der Waals surface area contributed by atoms with Gasteiger partial charge < -0.3 is 10.3 Å². The van der Waals surface area contributed by atoms with Crippen molar-refractivity contribution in [1.82, 2.24) is 4.98 Å². The highest BCUT2D eigenvalue weighted by atomic mass is 14.9. The number of anilines is 1. The van der Waals surface area contributed by atoms with E-state index in [2.05, 4.69) is 35.4 Å². The summed E-state index contributed by atoms with van der Waals surface area (Å²) in [7, 11) is 0. The predicted octanol–water partition coefficient (Wildman–Crippen LogP) is 2.44. The number of H-pyrrole nitrogens is 1. The first-order chi connectivity index (χ1) is 6.34. The lowest BCUT2D eigenvalue weighted by molar-refractivity contribution is 1.11. The highest BCUT2D eigenvalue weighted by Crippen LogP contribution is 2.31. The van der Waals surface area contributed by atoms with Crippen LogP contribution in [0, 0.1) is 6.92 Å². The summed E-state index contributed by atoms with van der Waals surface area (Å²) in [5.41, 5.74) is 5.26. The van der Waals surface area contributed by atoms with Crippen LogP contribution in [0.15, 0.2) is 18.2 Å². The zero-order valence-corrected chi connectivity index (χ0v) is 7.65. The van der Waals surface area contributed by atoms with E-state index >= 15 is 0 Å². The molecule has 0 unspecified atom stereocenters. The molecule has 1 aromatic heterocycles. The molecule has 13 heavy (non-hydrogen) atoms. The first-order valence-electron chi connectivity index (χ1n) is 4.70. The average molecular weight is 172 g/mol. The first kappa shape index (κ1) is 7.01. The van der Waals surface area contributed by atoms with E-state index < -0.39 is 0 Å². The Hall–Kier alpha value is -1.44. The lowest BCUT2D eigenvalue weighted by atomic mass is 10.1. The molecule has 0 radical (unpaired) electrons. The van der Waals surface area contributed by atoms with E-state index in [0.717, 1.165) is 13.0 Å². The second-order valence-corrected chi connectivity index (χ2v) is 3.69. The van der Waals surface area contributed by atoms with Crippen LogP contribution in [0.25, 0.3) is 10.9 Å². The van der Waals surface area contributed by atoms with E-state index in [4.69, 9.17) is 0 Å². The minimum absolute atomic E-state index is 1.08. The van der Waals surface area contributed by atoms with Gasteiger partial charge >= 0.3 is 0 Å². The zero-order valence-electron chi connectivity index (χ0n) is 7.65. The van der Waals surface area contributed by atoms with Crippen LogP contribution in [-0.4, -0.2) is 11.5 Å². The third-order valence-electron chi connectivity index (χ3n) is 2.72. The maximum Gasteiger partial charge on any atom is 0.0477 e. The van der Waals surface area contributed by atoms with E-state index in [1.54, 1.807) is 0 Å². The van der Waals surface area contributed by atoms with Gasteiger partial charge in [-0.25, -0.2) is 0 Å². The Balaban J connectivity index is 2.42. The third-order valence-corrected chi connectivity index (χ3v) is 2.72. The molecule has 0 fully saturated rings. The Kier molecular flexibility index (Phi) is 1.23. The highest BCUT2D eigenvalue weighted by molar-refractivity contribution is 5.95. The Morgan fingerprint density at radius 1 is 1.31 bits per heavy atom. The Morgan fingerprint density at radius 2 is 2.23 bits per heavy atom. The Morgan fingerprint density at radius 3 is 3.15 bits per heavy atom. The van der Waals surface area contributed by atoms with Crippen LogP contribution >= 0.6 is 0 Å². The van der Waals surface area contributed by atoms with Crippen LogP contribution in [-0.2, 0) is 6.42 Å².